The van der Waals surface area contributed by atoms with Crippen molar-refractivity contribution in [1.82, 2.24) is 4.42 Å². The first-order chi connectivity index (χ1) is 4.19. The molecular weight excluding hydrogens is 148 g/mol. The van der Waals surface area contributed by atoms with Gasteiger partial charge in [0.25, 0.3) is 0 Å². The molecule has 0 aromatic carbocycles. The Hall–Kier alpha value is 0.210. The summed E-state index contributed by atoms with van der Waals surface area (Å²) >= 11 is 5.81. The predicted octanol–water partition coefficient (Wildman–Crippen LogP) is 1.59. The fourth-order valence-electron chi connectivity index (χ4n) is 0.397. The maximum Gasteiger partial charge on any atom is 0.0476 e. The molecule has 2 nitrogen and oxygen atoms in total. The van der Waals surface area contributed by atoms with Gasteiger partial charge in [0.1, 0.15) is 0 Å². The average molecular weight is 165 g/mol. The second-order valence-corrected chi connectivity index (χ2v) is 4.26. The lowest BCUT2D eigenvalue weighted by atomic mass is 9.84. The Morgan fingerprint density at radius 3 is 1.50 bits per heavy atom. The molecule has 0 amide bonds. The molecule has 0 radical (unpaired) electrons. The highest BCUT2D eigenvalue weighted by Crippen LogP contribution is 2.25. The second-order valence-electron chi connectivity index (χ2n) is 3.76. The van der Waals surface area contributed by atoms with Crippen molar-refractivity contribution >= 4 is 11.8 Å². The standard InChI is InChI=1S/C7H17ClN2/c1-6(2,9)7(3,4)10(5)8/h9H2,1-5H3. The lowest BCUT2D eigenvalue weighted by Gasteiger charge is -2.41. The van der Waals surface area contributed by atoms with Gasteiger partial charge in [-0.05, 0) is 39.5 Å². The molecule has 0 aromatic heterocycles. The third kappa shape index (κ3) is 1.84. The van der Waals surface area contributed by atoms with Crippen LogP contribution in [-0.4, -0.2) is 22.5 Å². The highest BCUT2D eigenvalue weighted by Gasteiger charge is 2.36. The van der Waals surface area contributed by atoms with Crippen LogP contribution in [0, 0.1) is 0 Å². The Kier molecular flexibility index (Phi) is 2.74. The number of hydrogen-bond acceptors (Lipinski definition) is 2. The van der Waals surface area contributed by atoms with Gasteiger partial charge in [0.05, 0.1) is 0 Å². The predicted molar refractivity (Wildman–Crippen MR) is 46.0 cm³/mol. The van der Waals surface area contributed by atoms with Crippen molar-refractivity contribution in [3.05, 3.63) is 0 Å². The van der Waals surface area contributed by atoms with E-state index >= 15 is 0 Å². The molecule has 0 fully saturated rings. The van der Waals surface area contributed by atoms with Crippen LogP contribution in [-0.2, 0) is 0 Å². The fraction of sp³-hybridized carbons (Fsp3) is 1.00. The van der Waals surface area contributed by atoms with Crippen LogP contribution in [0.25, 0.3) is 0 Å². The molecule has 10 heavy (non-hydrogen) atoms. The highest BCUT2D eigenvalue weighted by atomic mass is 35.5. The Morgan fingerprint density at radius 1 is 1.20 bits per heavy atom. The Morgan fingerprint density at radius 2 is 1.50 bits per heavy atom. The van der Waals surface area contributed by atoms with E-state index in [1.807, 2.05) is 34.7 Å². The highest BCUT2D eigenvalue weighted by molar-refractivity contribution is 6.13. The van der Waals surface area contributed by atoms with Crippen LogP contribution in [0.5, 0.6) is 0 Å². The zero-order valence-electron chi connectivity index (χ0n) is 7.40. The Bertz CT molecular complexity index is 113. The zero-order valence-corrected chi connectivity index (χ0v) is 8.16. The monoisotopic (exact) mass is 164 g/mol. The van der Waals surface area contributed by atoms with Gasteiger partial charge >= 0.3 is 0 Å². The van der Waals surface area contributed by atoms with Gasteiger partial charge in [-0.1, -0.05) is 0 Å². The normalized spacial score (nSPS) is 14.4. The second kappa shape index (κ2) is 2.68. The van der Waals surface area contributed by atoms with Gasteiger partial charge in [-0.2, -0.15) is 0 Å². The van der Waals surface area contributed by atoms with E-state index < -0.39 is 0 Å². The molecule has 2 N–H and O–H groups in total. The van der Waals surface area contributed by atoms with Crippen molar-refractivity contribution in [2.24, 2.45) is 5.73 Å². The first kappa shape index (κ1) is 10.2. The molecular formula is C7H17ClN2. The molecule has 3 heteroatoms. The number of halogens is 1. The minimum absolute atomic E-state index is 0.186. The molecule has 62 valence electrons. The van der Waals surface area contributed by atoms with E-state index in [4.69, 9.17) is 17.5 Å². The van der Waals surface area contributed by atoms with E-state index in [9.17, 15) is 0 Å². The number of hydrogen-bond donors (Lipinski definition) is 1. The quantitative estimate of drug-likeness (QED) is 0.629. The zero-order chi connectivity index (χ0) is 8.58. The molecule has 0 bridgehead atoms. The molecule has 0 aliphatic rings. The first-order valence-corrected chi connectivity index (χ1v) is 3.72. The molecule has 0 rings (SSSR count). The van der Waals surface area contributed by atoms with Gasteiger partial charge in [-0.15, -0.1) is 0 Å². The van der Waals surface area contributed by atoms with Crippen molar-refractivity contribution in [2.75, 3.05) is 7.05 Å². The van der Waals surface area contributed by atoms with Crippen LogP contribution in [0.15, 0.2) is 0 Å². The largest absolute Gasteiger partial charge is 0.324 e. The minimum Gasteiger partial charge on any atom is -0.324 e. The average Bonchev–Trinajstić information content (AvgIpc) is 1.62. The summed E-state index contributed by atoms with van der Waals surface area (Å²) in [6, 6.07) is 0. The summed E-state index contributed by atoms with van der Waals surface area (Å²) in [6.07, 6.45) is 0. The van der Waals surface area contributed by atoms with E-state index in [2.05, 4.69) is 0 Å². The Labute approximate surface area is 68.4 Å². The van der Waals surface area contributed by atoms with Crippen LogP contribution in [0.2, 0.25) is 0 Å². The SMILES string of the molecule is CN(Cl)C(C)(C)C(C)(C)N. The van der Waals surface area contributed by atoms with Crippen LogP contribution in [0.4, 0.5) is 0 Å². The summed E-state index contributed by atoms with van der Waals surface area (Å²) in [4.78, 5) is 0. The molecule has 0 saturated carbocycles. The van der Waals surface area contributed by atoms with E-state index in [0.717, 1.165) is 0 Å². The fourth-order valence-corrected chi connectivity index (χ4v) is 0.615. The lowest BCUT2D eigenvalue weighted by molar-refractivity contribution is 0.166. The van der Waals surface area contributed by atoms with Gasteiger partial charge in [0.15, 0.2) is 0 Å². The van der Waals surface area contributed by atoms with Gasteiger partial charge in [0, 0.05) is 18.1 Å². The minimum atomic E-state index is -0.288. The van der Waals surface area contributed by atoms with Crippen molar-refractivity contribution in [1.29, 1.82) is 0 Å². The van der Waals surface area contributed by atoms with Crippen LogP contribution in [0.1, 0.15) is 27.7 Å². The molecule has 0 unspecified atom stereocenters. The van der Waals surface area contributed by atoms with E-state index in [-0.39, 0.29) is 11.1 Å². The maximum absolute atomic E-state index is 5.89. The van der Waals surface area contributed by atoms with Crippen molar-refractivity contribution < 1.29 is 0 Å². The molecule has 0 atom stereocenters. The van der Waals surface area contributed by atoms with Gasteiger partial charge in [0.2, 0.25) is 0 Å². The molecule has 0 saturated heterocycles. The summed E-state index contributed by atoms with van der Waals surface area (Å²) in [5.74, 6) is 0. The number of likely N-dealkylation sites (N-methyl/N-ethyl adjacent to an activating group) is 1. The van der Waals surface area contributed by atoms with Crippen LogP contribution >= 0.6 is 11.8 Å². The third-order valence-corrected chi connectivity index (χ3v) is 2.77. The number of rotatable bonds is 2. The summed E-state index contributed by atoms with van der Waals surface area (Å²) in [5.41, 5.74) is 5.41. The van der Waals surface area contributed by atoms with Gasteiger partial charge in [-0.3, -0.25) is 0 Å². The van der Waals surface area contributed by atoms with Crippen LogP contribution < -0.4 is 5.73 Å². The van der Waals surface area contributed by atoms with E-state index in [0.29, 0.717) is 0 Å². The smallest absolute Gasteiger partial charge is 0.0476 e. The van der Waals surface area contributed by atoms with Crippen LogP contribution in [0.3, 0.4) is 0 Å². The van der Waals surface area contributed by atoms with Gasteiger partial charge < -0.3 is 5.73 Å². The summed E-state index contributed by atoms with van der Waals surface area (Å²) in [7, 11) is 1.82. The molecule has 0 aromatic rings. The summed E-state index contributed by atoms with van der Waals surface area (Å²) in [5, 5.41) is 0. The lowest BCUT2D eigenvalue weighted by Crippen LogP contribution is -2.58. The molecule has 0 aliphatic heterocycles. The third-order valence-electron chi connectivity index (χ3n) is 2.35. The topological polar surface area (TPSA) is 29.3 Å². The first-order valence-electron chi connectivity index (χ1n) is 3.38. The van der Waals surface area contributed by atoms with E-state index in [1.54, 1.807) is 4.42 Å². The summed E-state index contributed by atoms with van der Waals surface area (Å²) in [6.45, 7) is 7.96. The molecule has 0 aliphatic carbocycles. The van der Waals surface area contributed by atoms with Gasteiger partial charge in [-0.25, -0.2) is 4.42 Å². The summed E-state index contributed by atoms with van der Waals surface area (Å²) < 4.78 is 1.62. The molecule has 0 spiro atoms. The Balaban J connectivity index is 4.40. The number of nitrogens with two attached hydrogens (primary N) is 1. The van der Waals surface area contributed by atoms with Crippen molar-refractivity contribution in [3.63, 3.8) is 0 Å². The van der Waals surface area contributed by atoms with E-state index in [1.165, 1.54) is 0 Å². The number of nitrogens with zero attached hydrogens (tertiary/aromatic N) is 1. The maximum atomic E-state index is 5.89. The van der Waals surface area contributed by atoms with Crippen molar-refractivity contribution in [3.8, 4) is 0 Å². The van der Waals surface area contributed by atoms with Crippen molar-refractivity contribution in [2.45, 2.75) is 38.8 Å². The molecule has 0 heterocycles.